The number of rotatable bonds is 7. The van der Waals surface area contributed by atoms with Crippen LogP contribution in [0.3, 0.4) is 0 Å². The number of halogens is 2. The molecule has 46 heavy (non-hydrogen) atoms. The van der Waals surface area contributed by atoms with Gasteiger partial charge < -0.3 is 19.8 Å². The first kappa shape index (κ1) is 31.0. The van der Waals surface area contributed by atoms with Gasteiger partial charge in [-0.05, 0) is 67.1 Å². The molecule has 2 aromatic heterocycles. The first-order valence-corrected chi connectivity index (χ1v) is 15.3. The van der Waals surface area contributed by atoms with E-state index < -0.39 is 12.5 Å². The lowest BCUT2D eigenvalue weighted by Gasteiger charge is -2.30. The maximum atomic E-state index is 13.7. The molecule has 2 amide bonds. The fourth-order valence-electron chi connectivity index (χ4n) is 5.92. The van der Waals surface area contributed by atoms with Crippen molar-refractivity contribution < 1.29 is 23.2 Å². The standard InChI is InChI=1S/C36H35F2N5O3/c1-5-23-16-26(24-10-12-25(13-11-24)33(44)34(37)38)18-27(17-23)39-36(45)43-15-14-30-29(19-43)32(28-9-7-6-8-20(28)2)41-35(40-30)31-21(3)42-46-22(31)4/h6-13,16-18,33-34,44H,5,14-15,19H2,1-4H3,(H,39,45)/t33-/m1/s1. The Morgan fingerprint density at radius 1 is 1.02 bits per heavy atom. The Morgan fingerprint density at radius 3 is 2.46 bits per heavy atom. The van der Waals surface area contributed by atoms with Crippen molar-refractivity contribution in [2.75, 3.05) is 11.9 Å². The first-order chi connectivity index (χ1) is 22.1. The second-order valence-corrected chi connectivity index (χ2v) is 11.6. The molecule has 10 heteroatoms. The van der Waals surface area contributed by atoms with Gasteiger partial charge in [0.1, 0.15) is 11.9 Å². The van der Waals surface area contributed by atoms with Gasteiger partial charge in [-0.2, -0.15) is 0 Å². The third-order valence-electron chi connectivity index (χ3n) is 8.48. The zero-order valence-electron chi connectivity index (χ0n) is 26.1. The number of hydrogen-bond donors (Lipinski definition) is 2. The Kier molecular flexibility index (Phi) is 8.64. The van der Waals surface area contributed by atoms with Crippen molar-refractivity contribution in [3.8, 4) is 33.8 Å². The van der Waals surface area contributed by atoms with Crippen molar-refractivity contribution in [1.82, 2.24) is 20.0 Å². The van der Waals surface area contributed by atoms with Crippen LogP contribution in [0, 0.1) is 20.8 Å². The monoisotopic (exact) mass is 623 g/mol. The maximum Gasteiger partial charge on any atom is 0.322 e. The minimum absolute atomic E-state index is 0.150. The molecule has 1 atom stereocenters. The van der Waals surface area contributed by atoms with E-state index in [4.69, 9.17) is 14.5 Å². The van der Waals surface area contributed by atoms with Crippen LogP contribution >= 0.6 is 0 Å². The predicted octanol–water partition coefficient (Wildman–Crippen LogP) is 7.84. The van der Waals surface area contributed by atoms with Gasteiger partial charge >= 0.3 is 6.03 Å². The number of fused-ring (bicyclic) bond motifs is 1. The molecule has 6 rings (SSSR count). The lowest BCUT2D eigenvalue weighted by atomic mass is 9.96. The fourth-order valence-corrected chi connectivity index (χ4v) is 5.92. The van der Waals surface area contributed by atoms with Crippen LogP contribution in [0.2, 0.25) is 0 Å². The Balaban J connectivity index is 1.29. The van der Waals surface area contributed by atoms with Crippen LogP contribution in [0.25, 0.3) is 33.8 Å². The molecule has 0 aliphatic carbocycles. The number of aromatic nitrogens is 3. The number of aliphatic hydroxyl groups is 1. The highest BCUT2D eigenvalue weighted by Crippen LogP contribution is 2.35. The number of carbonyl (C=O) groups excluding carboxylic acids is 1. The van der Waals surface area contributed by atoms with Gasteiger partial charge in [-0.15, -0.1) is 0 Å². The van der Waals surface area contributed by atoms with Gasteiger partial charge in [0.2, 0.25) is 0 Å². The van der Waals surface area contributed by atoms with Gasteiger partial charge in [-0.1, -0.05) is 66.7 Å². The number of aliphatic hydroxyl groups excluding tert-OH is 1. The summed E-state index contributed by atoms with van der Waals surface area (Å²) >= 11 is 0. The lowest BCUT2D eigenvalue weighted by Crippen LogP contribution is -2.39. The fraction of sp³-hybridized carbons (Fsp3) is 0.278. The number of anilines is 1. The van der Waals surface area contributed by atoms with Crippen molar-refractivity contribution >= 4 is 11.7 Å². The van der Waals surface area contributed by atoms with E-state index in [0.29, 0.717) is 36.8 Å². The van der Waals surface area contributed by atoms with Crippen molar-refractivity contribution in [1.29, 1.82) is 0 Å². The molecule has 2 N–H and O–H groups in total. The smallest absolute Gasteiger partial charge is 0.322 e. The van der Waals surface area contributed by atoms with Gasteiger partial charge in [0.25, 0.3) is 6.43 Å². The molecule has 8 nitrogen and oxygen atoms in total. The number of urea groups is 1. The largest absolute Gasteiger partial charge is 0.382 e. The molecule has 1 aliphatic heterocycles. The molecule has 0 fully saturated rings. The molecule has 5 aromatic rings. The maximum absolute atomic E-state index is 13.7. The highest BCUT2D eigenvalue weighted by molar-refractivity contribution is 5.91. The molecule has 0 unspecified atom stereocenters. The third kappa shape index (κ3) is 6.12. The molecule has 0 bridgehead atoms. The average molecular weight is 624 g/mol. The minimum atomic E-state index is -2.86. The number of carbonyl (C=O) groups is 1. The van der Waals surface area contributed by atoms with Crippen LogP contribution in [-0.4, -0.2) is 44.1 Å². The minimum Gasteiger partial charge on any atom is -0.382 e. The topological polar surface area (TPSA) is 104 Å². The summed E-state index contributed by atoms with van der Waals surface area (Å²) in [5, 5.41) is 16.9. The number of amides is 2. The number of nitrogens with one attached hydrogen (secondary N) is 1. The van der Waals surface area contributed by atoms with Gasteiger partial charge in [0, 0.05) is 29.8 Å². The summed E-state index contributed by atoms with van der Waals surface area (Å²) in [5.74, 6) is 1.21. The van der Waals surface area contributed by atoms with Gasteiger partial charge in [-0.25, -0.2) is 23.5 Å². The lowest BCUT2D eigenvalue weighted by molar-refractivity contribution is -0.00577. The molecule has 1 aliphatic rings. The van der Waals surface area contributed by atoms with E-state index in [1.165, 1.54) is 12.1 Å². The third-order valence-corrected chi connectivity index (χ3v) is 8.48. The van der Waals surface area contributed by atoms with Crippen molar-refractivity contribution in [2.24, 2.45) is 0 Å². The summed E-state index contributed by atoms with van der Waals surface area (Å²) in [6, 6.07) is 20.0. The molecule has 236 valence electrons. The second kappa shape index (κ2) is 12.8. The van der Waals surface area contributed by atoms with Crippen molar-refractivity contribution in [3.05, 3.63) is 106 Å². The van der Waals surface area contributed by atoms with E-state index in [1.54, 1.807) is 17.0 Å². The Morgan fingerprint density at radius 2 is 1.78 bits per heavy atom. The summed E-state index contributed by atoms with van der Waals surface area (Å²) in [5.41, 5.74) is 9.54. The first-order valence-electron chi connectivity index (χ1n) is 15.3. The van der Waals surface area contributed by atoms with Crippen molar-refractivity contribution in [3.63, 3.8) is 0 Å². The second-order valence-electron chi connectivity index (χ2n) is 11.6. The molecule has 0 saturated heterocycles. The van der Waals surface area contributed by atoms with Gasteiger partial charge in [0.05, 0.1) is 29.2 Å². The van der Waals surface area contributed by atoms with E-state index in [0.717, 1.165) is 62.4 Å². The van der Waals surface area contributed by atoms with Crippen LogP contribution in [-0.2, 0) is 19.4 Å². The Labute approximate surface area is 266 Å². The highest BCUT2D eigenvalue weighted by Gasteiger charge is 2.28. The summed E-state index contributed by atoms with van der Waals surface area (Å²) in [7, 11) is 0. The number of hydrogen-bond acceptors (Lipinski definition) is 6. The number of aryl methyl sites for hydroxylation is 4. The van der Waals surface area contributed by atoms with Crippen molar-refractivity contribution in [2.45, 2.75) is 59.6 Å². The zero-order chi connectivity index (χ0) is 32.5. The number of alkyl halides is 2. The summed E-state index contributed by atoms with van der Waals surface area (Å²) < 4.78 is 31.4. The van der Waals surface area contributed by atoms with E-state index in [2.05, 4.69) is 10.5 Å². The van der Waals surface area contributed by atoms with E-state index >= 15 is 0 Å². The molecule has 0 spiro atoms. The normalized spacial score (nSPS) is 13.5. The molecule has 3 heterocycles. The average Bonchev–Trinajstić information content (AvgIpc) is 3.40. The Hall–Kier alpha value is -4.96. The number of benzene rings is 3. The predicted molar refractivity (Wildman–Crippen MR) is 173 cm³/mol. The van der Waals surface area contributed by atoms with Crippen LogP contribution in [0.15, 0.2) is 71.3 Å². The summed E-state index contributed by atoms with van der Waals surface area (Å²) in [6.07, 6.45) is -3.40. The molecular weight excluding hydrogens is 588 g/mol. The summed E-state index contributed by atoms with van der Waals surface area (Å²) in [4.78, 5) is 25.5. The molecular formula is C36H35F2N5O3. The molecule has 0 saturated carbocycles. The Bertz CT molecular complexity index is 1890. The van der Waals surface area contributed by atoms with Crippen LogP contribution in [0.1, 0.15) is 52.4 Å². The highest BCUT2D eigenvalue weighted by atomic mass is 19.3. The SMILES string of the molecule is CCc1cc(NC(=O)N2CCc3nc(-c4c(C)noc4C)nc(-c4ccccc4C)c3C2)cc(-c2ccc([C@@H](O)C(F)F)cc2)c1. The number of nitrogens with zero attached hydrogens (tertiary/aromatic N) is 4. The van der Waals surface area contributed by atoms with Gasteiger partial charge in [0.15, 0.2) is 5.82 Å². The summed E-state index contributed by atoms with van der Waals surface area (Å²) in [6.45, 7) is 8.60. The van der Waals surface area contributed by atoms with E-state index in [1.807, 2.05) is 70.2 Å². The molecule has 0 radical (unpaired) electrons. The van der Waals surface area contributed by atoms with Crippen LogP contribution < -0.4 is 5.32 Å². The van der Waals surface area contributed by atoms with E-state index in [9.17, 15) is 18.7 Å². The van der Waals surface area contributed by atoms with Crippen LogP contribution in [0.5, 0.6) is 0 Å². The molecule has 3 aromatic carbocycles. The quantitative estimate of drug-likeness (QED) is 0.191. The zero-order valence-corrected chi connectivity index (χ0v) is 26.1. The van der Waals surface area contributed by atoms with E-state index in [-0.39, 0.29) is 11.6 Å². The van der Waals surface area contributed by atoms with Gasteiger partial charge in [-0.3, -0.25) is 0 Å². The van der Waals surface area contributed by atoms with Crippen LogP contribution in [0.4, 0.5) is 19.3 Å².